The summed E-state index contributed by atoms with van der Waals surface area (Å²) in [6, 6.07) is 30.2. The van der Waals surface area contributed by atoms with Gasteiger partial charge in [-0.05, 0) is 67.8 Å². The second-order valence-corrected chi connectivity index (χ2v) is 11.6. The zero-order valence-electron chi connectivity index (χ0n) is 23.3. The summed E-state index contributed by atoms with van der Waals surface area (Å²) >= 11 is 0. The van der Waals surface area contributed by atoms with Crippen LogP contribution in [0.25, 0.3) is 0 Å². The second kappa shape index (κ2) is 13.3. The Balaban J connectivity index is 0.00000400. The summed E-state index contributed by atoms with van der Waals surface area (Å²) in [6.07, 6.45) is 0. The van der Waals surface area contributed by atoms with Crippen molar-refractivity contribution in [1.82, 2.24) is 0 Å². The Labute approximate surface area is 240 Å². The quantitative estimate of drug-likeness (QED) is 0.170. The third-order valence-corrected chi connectivity index (χ3v) is 7.47. The molecule has 1 radical (unpaired) electrons. The van der Waals surface area contributed by atoms with Crippen molar-refractivity contribution in [3.63, 3.8) is 0 Å². The minimum atomic E-state index is -0.0499. The second-order valence-electron chi connectivity index (χ2n) is 10.4. The standard InChI is InChI=1S/C33H35O3P.Li/c1-23-18-27(33(3,4)5)19-24(2)31(23)32(34)37-30-17-16-28(35-21-25-12-8-6-9-13-25)20-29(30)36-22-26-14-10-7-11-15-26;/h6-20,37H,21-22H2,1-5H3;. The maximum absolute atomic E-state index is 13.6. The van der Waals surface area contributed by atoms with Gasteiger partial charge in [0.05, 0.1) is 0 Å². The van der Waals surface area contributed by atoms with Crippen LogP contribution in [0, 0.1) is 13.8 Å². The van der Waals surface area contributed by atoms with E-state index < -0.39 is 0 Å². The number of ether oxygens (including phenoxy) is 2. The van der Waals surface area contributed by atoms with E-state index in [0.29, 0.717) is 19.0 Å². The van der Waals surface area contributed by atoms with Gasteiger partial charge in [0, 0.05) is 35.8 Å². The number of rotatable bonds is 9. The Morgan fingerprint density at radius 1 is 0.737 bits per heavy atom. The smallest absolute Gasteiger partial charge is 0.186 e. The Bertz CT molecular complexity index is 1340. The van der Waals surface area contributed by atoms with Crippen molar-refractivity contribution in [2.45, 2.75) is 53.2 Å². The van der Waals surface area contributed by atoms with Crippen LogP contribution >= 0.6 is 8.58 Å². The van der Waals surface area contributed by atoms with Crippen molar-refractivity contribution in [2.75, 3.05) is 0 Å². The van der Waals surface area contributed by atoms with Gasteiger partial charge in [0.15, 0.2) is 5.52 Å². The van der Waals surface area contributed by atoms with E-state index in [1.54, 1.807) is 0 Å². The van der Waals surface area contributed by atoms with Gasteiger partial charge in [0.1, 0.15) is 24.7 Å². The van der Waals surface area contributed by atoms with Gasteiger partial charge in [-0.1, -0.05) is 93.6 Å². The van der Waals surface area contributed by atoms with Crippen molar-refractivity contribution in [3.8, 4) is 11.5 Å². The molecule has 0 aliphatic rings. The Hall–Kier alpha value is -2.82. The monoisotopic (exact) mass is 517 g/mol. The molecule has 4 aromatic rings. The van der Waals surface area contributed by atoms with Crippen LogP contribution in [0.15, 0.2) is 91.0 Å². The van der Waals surface area contributed by atoms with E-state index in [-0.39, 0.29) is 38.4 Å². The molecule has 0 aliphatic heterocycles. The molecule has 0 heterocycles. The summed E-state index contributed by atoms with van der Waals surface area (Å²) in [5.41, 5.74) is 6.43. The first-order valence-electron chi connectivity index (χ1n) is 12.6. The number of hydrogen-bond donors (Lipinski definition) is 0. The van der Waals surface area contributed by atoms with E-state index in [9.17, 15) is 4.79 Å². The molecule has 3 nitrogen and oxygen atoms in total. The van der Waals surface area contributed by atoms with E-state index in [1.807, 2.05) is 92.7 Å². The number of hydrogen-bond acceptors (Lipinski definition) is 3. The van der Waals surface area contributed by atoms with Crippen molar-refractivity contribution in [1.29, 1.82) is 0 Å². The normalized spacial score (nSPS) is 11.3. The van der Waals surface area contributed by atoms with Gasteiger partial charge in [-0.15, -0.1) is 0 Å². The summed E-state index contributed by atoms with van der Waals surface area (Å²) in [6.45, 7) is 11.6. The molecule has 0 saturated carbocycles. The molecule has 38 heavy (non-hydrogen) atoms. The molecule has 0 amide bonds. The number of aryl methyl sites for hydroxylation is 2. The molecule has 1 unspecified atom stereocenters. The number of carbonyl (C=O) groups is 1. The third-order valence-electron chi connectivity index (χ3n) is 6.31. The summed E-state index contributed by atoms with van der Waals surface area (Å²) in [4.78, 5) is 13.6. The first-order valence-corrected chi connectivity index (χ1v) is 13.6. The van der Waals surface area contributed by atoms with E-state index in [0.717, 1.165) is 38.9 Å². The van der Waals surface area contributed by atoms with E-state index in [2.05, 4.69) is 32.9 Å². The maximum atomic E-state index is 13.6. The van der Waals surface area contributed by atoms with Crippen LogP contribution < -0.4 is 14.8 Å². The molecule has 4 rings (SSSR count). The number of carbonyl (C=O) groups excluding carboxylic acids is 1. The Morgan fingerprint density at radius 3 is 1.79 bits per heavy atom. The minimum absolute atomic E-state index is 0. The summed E-state index contributed by atoms with van der Waals surface area (Å²) < 4.78 is 12.3. The van der Waals surface area contributed by atoms with E-state index >= 15 is 0 Å². The molecule has 4 aromatic carbocycles. The summed E-state index contributed by atoms with van der Waals surface area (Å²) in [7, 11) is -0.0499. The largest absolute Gasteiger partial charge is 0.489 e. The fourth-order valence-corrected chi connectivity index (χ4v) is 5.43. The molecule has 0 aliphatic carbocycles. The van der Waals surface area contributed by atoms with Crippen LogP contribution in [-0.4, -0.2) is 24.4 Å². The maximum Gasteiger partial charge on any atom is 0.186 e. The van der Waals surface area contributed by atoms with Crippen molar-refractivity contribution >= 4 is 38.3 Å². The van der Waals surface area contributed by atoms with Crippen LogP contribution in [0.2, 0.25) is 0 Å². The van der Waals surface area contributed by atoms with Crippen LogP contribution in [0.5, 0.6) is 11.5 Å². The molecule has 0 bridgehead atoms. The summed E-state index contributed by atoms with van der Waals surface area (Å²) in [5, 5.41) is 0.881. The molecular formula is C33H35LiO3P. The van der Waals surface area contributed by atoms with E-state index in [1.165, 1.54) is 5.56 Å². The average molecular weight is 518 g/mol. The van der Waals surface area contributed by atoms with Crippen LogP contribution in [0.1, 0.15) is 58.9 Å². The molecule has 0 fully saturated rings. The van der Waals surface area contributed by atoms with Crippen LogP contribution in [0.4, 0.5) is 0 Å². The van der Waals surface area contributed by atoms with Gasteiger partial charge in [0.2, 0.25) is 0 Å². The first kappa shape index (κ1) is 29.7. The molecular weight excluding hydrogens is 482 g/mol. The Morgan fingerprint density at radius 2 is 1.26 bits per heavy atom. The van der Waals surface area contributed by atoms with Crippen molar-refractivity contribution in [3.05, 3.63) is 124 Å². The molecule has 0 aromatic heterocycles. The molecule has 0 saturated heterocycles. The zero-order valence-corrected chi connectivity index (χ0v) is 24.3. The first-order chi connectivity index (χ1) is 17.7. The molecule has 191 valence electrons. The SMILES string of the molecule is Cc1cc(C(C)(C)C)cc(C)c1C(=O)Pc1ccc(OCc2ccccc2)cc1OCc1ccccc1.[Li]. The van der Waals surface area contributed by atoms with Crippen LogP contribution in [0.3, 0.4) is 0 Å². The van der Waals surface area contributed by atoms with Crippen molar-refractivity contribution in [2.24, 2.45) is 0 Å². The fraction of sp³-hybridized carbons (Fsp3) is 0.242. The van der Waals surface area contributed by atoms with Gasteiger partial charge in [0.25, 0.3) is 0 Å². The topological polar surface area (TPSA) is 35.5 Å². The zero-order chi connectivity index (χ0) is 26.4. The third kappa shape index (κ3) is 7.84. The van der Waals surface area contributed by atoms with E-state index in [4.69, 9.17) is 9.47 Å². The minimum Gasteiger partial charge on any atom is -0.489 e. The summed E-state index contributed by atoms with van der Waals surface area (Å²) in [5.74, 6) is 1.40. The van der Waals surface area contributed by atoms with Gasteiger partial charge < -0.3 is 9.47 Å². The molecule has 0 N–H and O–H groups in total. The molecule has 1 atom stereocenters. The number of benzene rings is 4. The average Bonchev–Trinajstić information content (AvgIpc) is 2.87. The molecule has 5 heteroatoms. The molecule has 0 spiro atoms. The van der Waals surface area contributed by atoms with Gasteiger partial charge >= 0.3 is 0 Å². The predicted octanol–water partition coefficient (Wildman–Crippen LogP) is 7.52. The van der Waals surface area contributed by atoms with Gasteiger partial charge in [-0.2, -0.15) is 0 Å². The van der Waals surface area contributed by atoms with Gasteiger partial charge in [-0.25, -0.2) is 0 Å². The van der Waals surface area contributed by atoms with Crippen LogP contribution in [-0.2, 0) is 18.6 Å². The van der Waals surface area contributed by atoms with Gasteiger partial charge in [-0.3, -0.25) is 4.79 Å². The van der Waals surface area contributed by atoms with Crippen molar-refractivity contribution < 1.29 is 14.3 Å². The Kier molecular flexibility index (Phi) is 10.4. The fourth-order valence-electron chi connectivity index (χ4n) is 4.23. The predicted molar refractivity (Wildman–Crippen MR) is 161 cm³/mol.